The van der Waals surface area contributed by atoms with Crippen LogP contribution in [0.5, 0.6) is 5.75 Å². The van der Waals surface area contributed by atoms with Gasteiger partial charge in [-0.2, -0.15) is 0 Å². The molecule has 6 nitrogen and oxygen atoms in total. The molecule has 0 radical (unpaired) electrons. The fraction of sp³-hybridized carbons (Fsp3) is 0.444. The summed E-state index contributed by atoms with van der Waals surface area (Å²) in [5.41, 5.74) is 3.83. The predicted octanol–water partition coefficient (Wildman–Crippen LogP) is 4.89. The van der Waals surface area contributed by atoms with Gasteiger partial charge in [0.05, 0.1) is 13.3 Å². The van der Waals surface area contributed by atoms with Crippen LogP contribution in [0.4, 0.5) is 0 Å². The molecule has 2 aromatic heterocycles. The van der Waals surface area contributed by atoms with Crippen molar-refractivity contribution in [1.29, 1.82) is 0 Å². The van der Waals surface area contributed by atoms with Gasteiger partial charge in [-0.15, -0.1) is 0 Å². The molecule has 3 heterocycles. The van der Waals surface area contributed by atoms with Gasteiger partial charge < -0.3 is 14.6 Å². The summed E-state index contributed by atoms with van der Waals surface area (Å²) in [5.74, 6) is 1.70. The van der Waals surface area contributed by atoms with Gasteiger partial charge in [-0.05, 0) is 67.0 Å². The molecule has 0 spiro atoms. The molecule has 33 heavy (non-hydrogen) atoms. The second-order valence-electron chi connectivity index (χ2n) is 9.39. The first-order valence-corrected chi connectivity index (χ1v) is 12.0. The smallest absolute Gasteiger partial charge is 0.225 e. The zero-order valence-electron chi connectivity index (χ0n) is 19.2. The molecule has 2 aliphatic rings. The average Bonchev–Trinajstić information content (AvgIpc) is 3.54. The number of piperidine rings is 1. The molecule has 3 aromatic rings. The number of nitrogens with zero attached hydrogens (tertiary/aromatic N) is 2. The summed E-state index contributed by atoms with van der Waals surface area (Å²) < 4.78 is 5.12. The molecule has 1 N–H and O–H groups in total. The van der Waals surface area contributed by atoms with E-state index >= 15 is 0 Å². The number of aromatic amines is 1. The van der Waals surface area contributed by atoms with Crippen LogP contribution in [-0.4, -0.2) is 46.8 Å². The van der Waals surface area contributed by atoms with Gasteiger partial charge in [0, 0.05) is 42.5 Å². The van der Waals surface area contributed by atoms with Crippen LogP contribution < -0.4 is 4.74 Å². The van der Waals surface area contributed by atoms with Crippen molar-refractivity contribution in [2.24, 2.45) is 5.92 Å². The highest BCUT2D eigenvalue weighted by molar-refractivity contribution is 5.96. The minimum Gasteiger partial charge on any atom is -0.495 e. The second-order valence-corrected chi connectivity index (χ2v) is 9.39. The number of nitrogens with one attached hydrogen (secondary N) is 1. The van der Waals surface area contributed by atoms with E-state index < -0.39 is 0 Å². The summed E-state index contributed by atoms with van der Waals surface area (Å²) in [6.07, 6.45) is 10.5. The third-order valence-corrected chi connectivity index (χ3v) is 7.35. The molecule has 0 atom stereocenters. The molecule has 0 unspecified atom stereocenters. The van der Waals surface area contributed by atoms with E-state index in [1.807, 2.05) is 6.07 Å². The van der Waals surface area contributed by atoms with Gasteiger partial charge >= 0.3 is 0 Å². The highest BCUT2D eigenvalue weighted by Gasteiger charge is 2.31. The Morgan fingerprint density at radius 3 is 2.58 bits per heavy atom. The Morgan fingerprint density at radius 2 is 1.88 bits per heavy atom. The number of likely N-dealkylation sites (tertiary alicyclic amines) is 1. The first-order chi connectivity index (χ1) is 16.1. The SMILES string of the molecule is COc1ccc(C(=O)Cc2ccc3[nH]cc(C4CCN(C(=O)C5CCCC5)CC4)c3c2)nc1. The normalized spacial score (nSPS) is 17.5. The minimum atomic E-state index is -0.00665. The standard InChI is InChI=1S/C27H31N3O3/c1-33-21-7-9-25(28-16-21)26(31)15-18-6-8-24-22(14-18)23(17-29-24)19-10-12-30(13-11-19)27(32)20-4-2-3-5-20/h6-9,14,16-17,19-20,29H,2-5,10-13,15H2,1H3. The molecule has 1 aliphatic heterocycles. The third kappa shape index (κ3) is 4.52. The lowest BCUT2D eigenvalue weighted by Gasteiger charge is -2.33. The molecule has 1 aliphatic carbocycles. The number of carbonyl (C=O) groups is 2. The van der Waals surface area contributed by atoms with Crippen molar-refractivity contribution >= 4 is 22.6 Å². The molecule has 0 bridgehead atoms. The maximum absolute atomic E-state index is 12.8. The number of benzene rings is 1. The van der Waals surface area contributed by atoms with Crippen LogP contribution in [0.25, 0.3) is 10.9 Å². The highest BCUT2D eigenvalue weighted by atomic mass is 16.5. The zero-order chi connectivity index (χ0) is 22.8. The number of amides is 1. The Morgan fingerprint density at radius 1 is 1.09 bits per heavy atom. The lowest BCUT2D eigenvalue weighted by molar-refractivity contribution is -0.136. The summed E-state index contributed by atoms with van der Waals surface area (Å²) in [6.45, 7) is 1.68. The first kappa shape index (κ1) is 21.7. The average molecular weight is 446 g/mol. The van der Waals surface area contributed by atoms with Gasteiger partial charge in [0.2, 0.25) is 5.91 Å². The van der Waals surface area contributed by atoms with Crippen molar-refractivity contribution in [2.45, 2.75) is 50.9 Å². The Bertz CT molecular complexity index is 1140. The number of hydrogen-bond acceptors (Lipinski definition) is 4. The van der Waals surface area contributed by atoms with Crippen LogP contribution in [0.1, 0.15) is 66.1 Å². The number of Topliss-reactive ketones (excluding diaryl/α,β-unsaturated/α-hetero) is 1. The number of pyridine rings is 1. The molecule has 1 aromatic carbocycles. The quantitative estimate of drug-likeness (QED) is 0.548. The number of ether oxygens (including phenoxy) is 1. The monoisotopic (exact) mass is 445 g/mol. The van der Waals surface area contributed by atoms with Crippen LogP contribution in [0.15, 0.2) is 42.7 Å². The molecule has 1 saturated carbocycles. The van der Waals surface area contributed by atoms with Crippen LogP contribution >= 0.6 is 0 Å². The highest BCUT2D eigenvalue weighted by Crippen LogP contribution is 2.35. The van der Waals surface area contributed by atoms with E-state index in [2.05, 4.69) is 33.2 Å². The number of hydrogen-bond donors (Lipinski definition) is 1. The Kier molecular flexibility index (Phi) is 6.16. The fourth-order valence-corrected chi connectivity index (χ4v) is 5.42. The van der Waals surface area contributed by atoms with Gasteiger partial charge in [0.25, 0.3) is 0 Å². The maximum atomic E-state index is 12.8. The van der Waals surface area contributed by atoms with E-state index in [1.54, 1.807) is 25.4 Å². The van der Waals surface area contributed by atoms with Gasteiger partial charge in [-0.3, -0.25) is 9.59 Å². The molecule has 1 saturated heterocycles. The van der Waals surface area contributed by atoms with Crippen LogP contribution in [-0.2, 0) is 11.2 Å². The molecule has 172 valence electrons. The van der Waals surface area contributed by atoms with Crippen molar-refractivity contribution in [3.05, 3.63) is 59.5 Å². The number of carbonyl (C=O) groups excluding carboxylic acids is 2. The van der Waals surface area contributed by atoms with Gasteiger partial charge in [0.1, 0.15) is 11.4 Å². The Balaban J connectivity index is 1.27. The summed E-state index contributed by atoms with van der Waals surface area (Å²) >= 11 is 0. The number of methoxy groups -OCH3 is 1. The van der Waals surface area contributed by atoms with Gasteiger partial charge in [-0.1, -0.05) is 18.9 Å². The molecule has 1 amide bonds. The number of H-pyrrole nitrogens is 1. The lowest BCUT2D eigenvalue weighted by atomic mass is 9.88. The van der Waals surface area contributed by atoms with Crippen molar-refractivity contribution in [2.75, 3.05) is 20.2 Å². The van der Waals surface area contributed by atoms with E-state index in [0.29, 0.717) is 29.7 Å². The van der Waals surface area contributed by atoms with Crippen LogP contribution in [0.3, 0.4) is 0 Å². The first-order valence-electron chi connectivity index (χ1n) is 12.0. The van der Waals surface area contributed by atoms with E-state index in [0.717, 1.165) is 49.9 Å². The zero-order valence-corrected chi connectivity index (χ0v) is 19.2. The largest absolute Gasteiger partial charge is 0.495 e. The number of aromatic nitrogens is 2. The minimum absolute atomic E-state index is 0.00665. The Hall–Kier alpha value is -3.15. The summed E-state index contributed by atoms with van der Waals surface area (Å²) in [6, 6.07) is 9.67. The fourth-order valence-electron chi connectivity index (χ4n) is 5.42. The predicted molar refractivity (Wildman–Crippen MR) is 128 cm³/mol. The van der Waals surface area contributed by atoms with Crippen molar-refractivity contribution in [1.82, 2.24) is 14.9 Å². The van der Waals surface area contributed by atoms with Crippen LogP contribution in [0, 0.1) is 5.92 Å². The molecular formula is C27H31N3O3. The summed E-state index contributed by atoms with van der Waals surface area (Å²) in [4.78, 5) is 35.2. The molecule has 2 fully saturated rings. The van der Waals surface area contributed by atoms with Crippen molar-refractivity contribution in [3.8, 4) is 5.75 Å². The number of ketones is 1. The topological polar surface area (TPSA) is 75.3 Å². The van der Waals surface area contributed by atoms with Gasteiger partial charge in [-0.25, -0.2) is 4.98 Å². The molecule has 6 heteroatoms. The van der Waals surface area contributed by atoms with Crippen molar-refractivity contribution in [3.63, 3.8) is 0 Å². The lowest BCUT2D eigenvalue weighted by Crippen LogP contribution is -2.40. The number of rotatable bonds is 6. The Labute approximate surface area is 194 Å². The van der Waals surface area contributed by atoms with Crippen molar-refractivity contribution < 1.29 is 14.3 Å². The van der Waals surface area contributed by atoms with Crippen LogP contribution in [0.2, 0.25) is 0 Å². The summed E-state index contributed by atoms with van der Waals surface area (Å²) in [5, 5.41) is 1.18. The molecular weight excluding hydrogens is 414 g/mol. The van der Waals surface area contributed by atoms with E-state index in [-0.39, 0.29) is 11.7 Å². The number of fused-ring (bicyclic) bond motifs is 1. The third-order valence-electron chi connectivity index (χ3n) is 7.35. The molecule has 5 rings (SSSR count). The van der Waals surface area contributed by atoms with Gasteiger partial charge in [0.15, 0.2) is 5.78 Å². The summed E-state index contributed by atoms with van der Waals surface area (Å²) in [7, 11) is 1.58. The maximum Gasteiger partial charge on any atom is 0.225 e. The van der Waals surface area contributed by atoms with E-state index in [4.69, 9.17) is 4.74 Å². The van der Waals surface area contributed by atoms with E-state index in [9.17, 15) is 9.59 Å². The second kappa shape index (κ2) is 9.38. The van der Waals surface area contributed by atoms with E-state index in [1.165, 1.54) is 23.8 Å².